The Bertz CT molecular complexity index is 491. The molecule has 0 aliphatic heterocycles. The van der Waals surface area contributed by atoms with Crippen LogP contribution in [0.5, 0.6) is 0 Å². The fraction of sp³-hybridized carbons (Fsp3) is 0.818. The first-order valence-electron chi connectivity index (χ1n) is 6.45. The van der Waals surface area contributed by atoms with E-state index in [1.807, 2.05) is 0 Å². The number of amides is 2. The van der Waals surface area contributed by atoms with Crippen LogP contribution in [0.15, 0.2) is 0 Å². The number of hydrogen-bond acceptors (Lipinski definition) is 7. The minimum absolute atomic E-state index is 0. The first-order valence-corrected chi connectivity index (χ1v) is 8.44. The van der Waals surface area contributed by atoms with Gasteiger partial charge in [0.1, 0.15) is 6.10 Å². The molecule has 12 heteroatoms. The molecule has 2 amide bonds. The van der Waals surface area contributed by atoms with Crippen LogP contribution in [0.3, 0.4) is 0 Å². The van der Waals surface area contributed by atoms with Gasteiger partial charge in [-0.1, -0.05) is 13.8 Å². The number of aliphatic hydroxyl groups excluding tert-OH is 1. The zero-order valence-corrected chi connectivity index (χ0v) is 17.1. The van der Waals surface area contributed by atoms with Gasteiger partial charge in [-0.25, -0.2) is 4.18 Å². The van der Waals surface area contributed by atoms with Gasteiger partial charge >= 0.3 is 40.0 Å². The van der Waals surface area contributed by atoms with Crippen molar-refractivity contribution in [3.8, 4) is 0 Å². The quantitative estimate of drug-likeness (QED) is 0.147. The summed E-state index contributed by atoms with van der Waals surface area (Å²) < 4.78 is 33.7. The predicted octanol–water partition coefficient (Wildman–Crippen LogP) is -4.14. The van der Waals surface area contributed by atoms with Crippen molar-refractivity contribution in [3.63, 3.8) is 0 Å². The number of hydrogen-bond donors (Lipinski definition) is 5. The molecule has 0 radical (unpaired) electrons. The van der Waals surface area contributed by atoms with Crippen LogP contribution in [-0.4, -0.2) is 61.4 Å². The maximum atomic E-state index is 11.7. The third-order valence-electron chi connectivity index (χ3n) is 2.65. The molecule has 0 spiro atoms. The van der Waals surface area contributed by atoms with Crippen molar-refractivity contribution in [2.75, 3.05) is 25.4 Å². The van der Waals surface area contributed by atoms with E-state index in [1.165, 1.54) is 13.8 Å². The average molecular weight is 382 g/mol. The molecule has 0 fully saturated rings. The summed E-state index contributed by atoms with van der Waals surface area (Å²) in [7, 11) is -4.66. The molecule has 0 aromatic carbocycles. The van der Waals surface area contributed by atoms with Crippen LogP contribution < -0.4 is 40.2 Å². The van der Waals surface area contributed by atoms with Gasteiger partial charge in [0.05, 0.1) is 6.61 Å². The van der Waals surface area contributed by atoms with E-state index in [9.17, 15) is 23.1 Å². The molecule has 1 atom stereocenters. The molecule has 0 rings (SSSR count). The topological polar surface area (TPSA) is 142 Å². The van der Waals surface area contributed by atoms with Gasteiger partial charge in [0.25, 0.3) is 0 Å². The molecule has 0 aromatic heterocycles. The van der Waals surface area contributed by atoms with Crippen LogP contribution in [0.25, 0.3) is 0 Å². The molecule has 0 aliphatic carbocycles. The number of thiol groups is 1. The van der Waals surface area contributed by atoms with Gasteiger partial charge in [0.2, 0.25) is 11.8 Å². The Labute approximate surface area is 165 Å². The van der Waals surface area contributed by atoms with Crippen molar-refractivity contribution in [2.24, 2.45) is 5.41 Å². The van der Waals surface area contributed by atoms with Gasteiger partial charge in [-0.15, -0.1) is 0 Å². The van der Waals surface area contributed by atoms with Crippen LogP contribution in [0.4, 0.5) is 0 Å². The fourth-order valence-electron chi connectivity index (χ4n) is 1.34. The predicted molar refractivity (Wildman–Crippen MR) is 82.9 cm³/mol. The fourth-order valence-corrected chi connectivity index (χ4v) is 1.90. The molecule has 0 aromatic rings. The first-order chi connectivity index (χ1) is 9.99. The maximum absolute atomic E-state index is 11.7. The van der Waals surface area contributed by atoms with Crippen LogP contribution >= 0.6 is 12.6 Å². The molecule has 0 heterocycles. The second kappa shape index (κ2) is 11.6. The molecule has 9 nitrogen and oxygen atoms in total. The second-order valence-electron chi connectivity index (χ2n) is 5.20. The number of aliphatic hydroxyl groups is 1. The van der Waals surface area contributed by atoms with Crippen molar-refractivity contribution in [1.82, 2.24) is 10.6 Å². The van der Waals surface area contributed by atoms with E-state index in [1.54, 1.807) is 0 Å². The van der Waals surface area contributed by atoms with E-state index in [-0.39, 0.29) is 49.9 Å². The van der Waals surface area contributed by atoms with Gasteiger partial charge in [0, 0.05) is 30.7 Å². The van der Waals surface area contributed by atoms with Crippen LogP contribution in [0.2, 0.25) is 0 Å². The van der Waals surface area contributed by atoms with E-state index >= 15 is 0 Å². The Hall–Kier alpha value is 0.120. The van der Waals surface area contributed by atoms with Gasteiger partial charge in [0.15, 0.2) is 0 Å². The summed E-state index contributed by atoms with van der Waals surface area (Å²) in [6.45, 7) is 2.63. The Morgan fingerprint density at radius 2 is 1.87 bits per heavy atom. The summed E-state index contributed by atoms with van der Waals surface area (Å²) in [5.41, 5.74) is -1.26. The van der Waals surface area contributed by atoms with Crippen molar-refractivity contribution >= 4 is 34.8 Å². The van der Waals surface area contributed by atoms with Crippen LogP contribution in [0, 0.1) is 5.41 Å². The molecule has 1 unspecified atom stereocenters. The van der Waals surface area contributed by atoms with Crippen molar-refractivity contribution in [2.45, 2.75) is 26.4 Å². The first kappa shape index (κ1) is 25.4. The molecular weight excluding hydrogens is 359 g/mol. The van der Waals surface area contributed by atoms with Gasteiger partial charge < -0.3 is 17.2 Å². The Kier molecular flexibility index (Phi) is 12.8. The molecule has 0 saturated carbocycles. The average Bonchev–Trinajstić information content (AvgIpc) is 2.41. The monoisotopic (exact) mass is 382 g/mol. The molecule has 23 heavy (non-hydrogen) atoms. The van der Waals surface area contributed by atoms with Crippen LogP contribution in [0.1, 0.15) is 21.7 Å². The van der Waals surface area contributed by atoms with Gasteiger partial charge in [-0.2, -0.15) is 21.0 Å². The normalized spacial score (nSPS) is 12.9. The SMILES string of the molecule is CC(C)(COS(=O)(=O)O)C(O)C(=O)NCCC(=O)NCCS.[H-].[Na+]. The molecule has 132 valence electrons. The molecular formula is C11H23N2NaO7S2. The number of carbonyl (C=O) groups excluding carboxylic acids is 2. The number of carbonyl (C=O) groups is 2. The summed E-state index contributed by atoms with van der Waals surface area (Å²) >= 11 is 3.93. The minimum atomic E-state index is -4.66. The maximum Gasteiger partial charge on any atom is 1.00 e. The standard InChI is InChI=1S/C11H22N2O7S2.Na.H/c1-11(2,7-20-22(17,18)19)9(15)10(16)13-4-3-8(14)12-5-6-21;;/h9,15,21H,3-7H2,1-2H3,(H,12,14)(H,13,16)(H,17,18,19);;/q;+1;-1. The van der Waals surface area contributed by atoms with E-state index in [4.69, 9.17) is 4.55 Å². The zero-order valence-electron chi connectivity index (χ0n) is 14.4. The molecule has 0 aliphatic rings. The van der Waals surface area contributed by atoms with Gasteiger partial charge in [-0.05, 0) is 0 Å². The van der Waals surface area contributed by atoms with Crippen LogP contribution in [-0.2, 0) is 24.2 Å². The summed E-state index contributed by atoms with van der Waals surface area (Å²) in [5, 5.41) is 14.8. The van der Waals surface area contributed by atoms with E-state index in [2.05, 4.69) is 27.4 Å². The Morgan fingerprint density at radius 3 is 2.35 bits per heavy atom. The second-order valence-corrected chi connectivity index (χ2v) is 6.73. The molecule has 0 saturated heterocycles. The van der Waals surface area contributed by atoms with E-state index in [0.717, 1.165) is 0 Å². The minimum Gasteiger partial charge on any atom is -1.00 e. The summed E-state index contributed by atoms with van der Waals surface area (Å²) in [5.74, 6) is -0.539. The van der Waals surface area contributed by atoms with Crippen molar-refractivity contribution in [1.29, 1.82) is 0 Å². The Balaban J connectivity index is -0.00000220. The third-order valence-corrected chi connectivity index (χ3v) is 3.29. The van der Waals surface area contributed by atoms with Crippen molar-refractivity contribution < 1.29 is 62.8 Å². The Morgan fingerprint density at radius 1 is 1.30 bits per heavy atom. The number of rotatable bonds is 10. The number of nitrogens with one attached hydrogen (secondary N) is 2. The summed E-state index contributed by atoms with van der Waals surface area (Å²) in [6, 6.07) is 0. The summed E-state index contributed by atoms with van der Waals surface area (Å²) in [6.07, 6.45) is -1.54. The third kappa shape index (κ3) is 12.2. The smallest absolute Gasteiger partial charge is 1.00 e. The molecule has 4 N–H and O–H groups in total. The summed E-state index contributed by atoms with van der Waals surface area (Å²) in [4.78, 5) is 23.0. The zero-order chi connectivity index (χ0) is 17.4. The van der Waals surface area contributed by atoms with Gasteiger partial charge in [-0.3, -0.25) is 14.1 Å². The largest absolute Gasteiger partial charge is 1.00 e. The van der Waals surface area contributed by atoms with E-state index < -0.39 is 34.4 Å². The molecule has 0 bridgehead atoms. The van der Waals surface area contributed by atoms with E-state index in [0.29, 0.717) is 12.3 Å². The van der Waals surface area contributed by atoms with Crippen molar-refractivity contribution in [3.05, 3.63) is 0 Å².